The van der Waals surface area contributed by atoms with E-state index in [4.69, 9.17) is 4.74 Å². The molecule has 25 heavy (non-hydrogen) atoms. The largest absolute Gasteiger partial charge is 0.497 e. The molecule has 5 heteroatoms. The maximum atomic E-state index is 11.6. The summed E-state index contributed by atoms with van der Waals surface area (Å²) in [5.41, 5.74) is 1.36. The van der Waals surface area contributed by atoms with Crippen molar-refractivity contribution in [3.63, 3.8) is 0 Å². The average molecular weight is 345 g/mol. The van der Waals surface area contributed by atoms with Crippen molar-refractivity contribution in [1.29, 1.82) is 0 Å². The second-order valence-corrected chi connectivity index (χ2v) is 7.61. The molecule has 2 fully saturated rings. The molecule has 5 nitrogen and oxygen atoms in total. The van der Waals surface area contributed by atoms with Crippen molar-refractivity contribution in [3.8, 4) is 5.75 Å². The molecule has 0 saturated carbocycles. The zero-order valence-corrected chi connectivity index (χ0v) is 15.9. The van der Waals surface area contributed by atoms with Crippen molar-refractivity contribution in [3.05, 3.63) is 29.8 Å². The van der Waals surface area contributed by atoms with Crippen LogP contribution in [0.15, 0.2) is 24.3 Å². The van der Waals surface area contributed by atoms with Crippen LogP contribution in [0.25, 0.3) is 0 Å². The average Bonchev–Trinajstić information content (AvgIpc) is 3.07. The highest BCUT2D eigenvalue weighted by Crippen LogP contribution is 2.34. The lowest BCUT2D eigenvalue weighted by molar-refractivity contribution is -0.130. The Balaban J connectivity index is 1.71. The minimum absolute atomic E-state index is 0.209. The molecule has 0 aliphatic carbocycles. The van der Waals surface area contributed by atoms with Crippen molar-refractivity contribution in [2.75, 3.05) is 47.4 Å². The molecule has 0 radical (unpaired) electrons. The summed E-state index contributed by atoms with van der Waals surface area (Å²) in [6, 6.07) is 9.62. The van der Waals surface area contributed by atoms with Gasteiger partial charge in [0.15, 0.2) is 0 Å². The Labute approximate surface area is 151 Å². The number of carbonyl (C=O) groups is 1. The normalized spacial score (nSPS) is 25.6. The number of piperidine rings is 1. The van der Waals surface area contributed by atoms with Gasteiger partial charge in [0.2, 0.25) is 5.91 Å². The number of amides is 1. The van der Waals surface area contributed by atoms with Crippen molar-refractivity contribution in [1.82, 2.24) is 14.7 Å². The van der Waals surface area contributed by atoms with Crippen molar-refractivity contribution >= 4 is 5.91 Å². The van der Waals surface area contributed by atoms with Crippen LogP contribution in [0.1, 0.15) is 31.2 Å². The smallest absolute Gasteiger partial charge is 0.219 e. The molecule has 0 bridgehead atoms. The van der Waals surface area contributed by atoms with Crippen LogP contribution in [0, 0.1) is 0 Å². The zero-order chi connectivity index (χ0) is 18.0. The Bertz CT molecular complexity index is 596. The first kappa shape index (κ1) is 18.2. The number of carbonyl (C=O) groups excluding carboxylic acids is 1. The van der Waals surface area contributed by atoms with E-state index in [2.05, 4.69) is 42.1 Å². The SMILES string of the molecule is COc1cccc([C@@H]2CN(C3CCN(C(C)=O)CC3)C[C@H]2N(C)C)c1. The van der Waals surface area contributed by atoms with Crippen LogP contribution in [0.4, 0.5) is 0 Å². The molecule has 0 N–H and O–H groups in total. The summed E-state index contributed by atoms with van der Waals surface area (Å²) in [6.07, 6.45) is 2.18. The van der Waals surface area contributed by atoms with Crippen LogP contribution in [-0.2, 0) is 4.79 Å². The van der Waals surface area contributed by atoms with E-state index in [-0.39, 0.29) is 5.91 Å². The van der Waals surface area contributed by atoms with Gasteiger partial charge in [-0.05, 0) is 44.6 Å². The lowest BCUT2D eigenvalue weighted by Gasteiger charge is -2.36. The number of likely N-dealkylation sites (N-methyl/N-ethyl adjacent to an activating group) is 1. The van der Waals surface area contributed by atoms with E-state index >= 15 is 0 Å². The maximum absolute atomic E-state index is 11.6. The van der Waals surface area contributed by atoms with Gasteiger partial charge in [-0.1, -0.05) is 12.1 Å². The number of hydrogen-bond acceptors (Lipinski definition) is 4. The summed E-state index contributed by atoms with van der Waals surface area (Å²) in [5, 5.41) is 0. The van der Waals surface area contributed by atoms with E-state index in [1.165, 1.54) is 5.56 Å². The summed E-state index contributed by atoms with van der Waals surface area (Å²) in [5.74, 6) is 1.64. The van der Waals surface area contributed by atoms with Crippen molar-refractivity contribution in [2.24, 2.45) is 0 Å². The van der Waals surface area contributed by atoms with Crippen LogP contribution in [0.2, 0.25) is 0 Å². The highest BCUT2D eigenvalue weighted by molar-refractivity contribution is 5.73. The molecule has 1 aromatic rings. The fourth-order valence-electron chi connectivity index (χ4n) is 4.38. The number of nitrogens with zero attached hydrogens (tertiary/aromatic N) is 3. The van der Waals surface area contributed by atoms with E-state index in [1.807, 2.05) is 11.0 Å². The number of ether oxygens (including phenoxy) is 1. The summed E-state index contributed by atoms with van der Waals surface area (Å²) >= 11 is 0. The van der Waals surface area contributed by atoms with Gasteiger partial charge >= 0.3 is 0 Å². The summed E-state index contributed by atoms with van der Waals surface area (Å²) < 4.78 is 5.42. The monoisotopic (exact) mass is 345 g/mol. The van der Waals surface area contributed by atoms with E-state index in [0.29, 0.717) is 18.0 Å². The molecular weight excluding hydrogens is 314 g/mol. The second-order valence-electron chi connectivity index (χ2n) is 7.61. The molecule has 1 aromatic carbocycles. The Morgan fingerprint density at radius 1 is 1.20 bits per heavy atom. The Morgan fingerprint density at radius 3 is 2.52 bits per heavy atom. The highest BCUT2D eigenvalue weighted by atomic mass is 16.5. The molecule has 2 aliphatic rings. The number of rotatable bonds is 4. The number of likely N-dealkylation sites (tertiary alicyclic amines) is 2. The number of benzene rings is 1. The van der Waals surface area contributed by atoms with E-state index in [1.54, 1.807) is 14.0 Å². The summed E-state index contributed by atoms with van der Waals surface area (Å²) in [7, 11) is 6.09. The first-order valence-corrected chi connectivity index (χ1v) is 9.29. The fourth-order valence-corrected chi connectivity index (χ4v) is 4.38. The lowest BCUT2D eigenvalue weighted by Crippen LogP contribution is -2.46. The van der Waals surface area contributed by atoms with Crippen LogP contribution in [0.3, 0.4) is 0 Å². The predicted molar refractivity (Wildman–Crippen MR) is 100 cm³/mol. The van der Waals surface area contributed by atoms with Crippen molar-refractivity contribution < 1.29 is 9.53 Å². The molecule has 3 rings (SSSR count). The highest BCUT2D eigenvalue weighted by Gasteiger charge is 2.39. The predicted octanol–water partition coefficient (Wildman–Crippen LogP) is 2.04. The minimum atomic E-state index is 0.209. The third-order valence-corrected chi connectivity index (χ3v) is 5.93. The molecule has 2 heterocycles. The van der Waals surface area contributed by atoms with Gasteiger partial charge in [0.05, 0.1) is 7.11 Å². The van der Waals surface area contributed by atoms with E-state index in [0.717, 1.165) is 44.8 Å². The first-order chi connectivity index (χ1) is 12.0. The number of methoxy groups -OCH3 is 1. The Morgan fingerprint density at radius 2 is 1.92 bits per heavy atom. The Hall–Kier alpha value is -1.59. The van der Waals surface area contributed by atoms with Gasteiger partial charge in [0.1, 0.15) is 5.75 Å². The summed E-state index contributed by atoms with van der Waals surface area (Å²) in [4.78, 5) is 18.5. The number of hydrogen-bond donors (Lipinski definition) is 0. The third kappa shape index (κ3) is 3.98. The molecule has 2 atom stereocenters. The van der Waals surface area contributed by atoms with E-state index in [9.17, 15) is 4.79 Å². The van der Waals surface area contributed by atoms with Crippen LogP contribution in [-0.4, -0.2) is 80.1 Å². The van der Waals surface area contributed by atoms with Crippen LogP contribution in [0.5, 0.6) is 5.75 Å². The lowest BCUT2D eigenvalue weighted by atomic mass is 9.93. The quantitative estimate of drug-likeness (QED) is 0.837. The van der Waals surface area contributed by atoms with Gasteiger partial charge in [-0.15, -0.1) is 0 Å². The molecular formula is C20H31N3O2. The zero-order valence-electron chi connectivity index (χ0n) is 15.9. The van der Waals surface area contributed by atoms with Gasteiger partial charge in [-0.2, -0.15) is 0 Å². The van der Waals surface area contributed by atoms with Gasteiger partial charge in [-0.3, -0.25) is 9.69 Å². The van der Waals surface area contributed by atoms with Gasteiger partial charge in [-0.25, -0.2) is 0 Å². The van der Waals surface area contributed by atoms with Gasteiger partial charge < -0.3 is 14.5 Å². The molecule has 1 amide bonds. The minimum Gasteiger partial charge on any atom is -0.497 e. The van der Waals surface area contributed by atoms with Gasteiger partial charge in [0, 0.05) is 51.1 Å². The standard InChI is InChI=1S/C20H31N3O2/c1-15(24)22-10-8-17(9-11-22)23-13-19(20(14-23)21(2)3)16-6-5-7-18(12-16)25-4/h5-7,12,17,19-20H,8-11,13-14H2,1-4H3/t19-,20+/m0/s1. The molecule has 2 saturated heterocycles. The van der Waals surface area contributed by atoms with E-state index < -0.39 is 0 Å². The second kappa shape index (κ2) is 7.75. The van der Waals surface area contributed by atoms with Crippen LogP contribution >= 0.6 is 0 Å². The van der Waals surface area contributed by atoms with Crippen LogP contribution < -0.4 is 4.74 Å². The topological polar surface area (TPSA) is 36.0 Å². The molecule has 0 unspecified atom stereocenters. The third-order valence-electron chi connectivity index (χ3n) is 5.93. The molecule has 138 valence electrons. The van der Waals surface area contributed by atoms with Crippen molar-refractivity contribution in [2.45, 2.75) is 37.8 Å². The Kier molecular flexibility index (Phi) is 5.64. The fraction of sp³-hybridized carbons (Fsp3) is 0.650. The molecule has 2 aliphatic heterocycles. The maximum Gasteiger partial charge on any atom is 0.219 e. The summed E-state index contributed by atoms with van der Waals surface area (Å²) in [6.45, 7) is 5.65. The molecule has 0 spiro atoms. The molecule has 0 aromatic heterocycles. The van der Waals surface area contributed by atoms with Gasteiger partial charge in [0.25, 0.3) is 0 Å². The first-order valence-electron chi connectivity index (χ1n) is 9.29.